The lowest BCUT2D eigenvalue weighted by atomic mass is 10.1. The summed E-state index contributed by atoms with van der Waals surface area (Å²) in [5.74, 6) is 0.896. The summed E-state index contributed by atoms with van der Waals surface area (Å²) in [5, 5.41) is 13.1. The Kier molecular flexibility index (Phi) is 8.29. The zero-order chi connectivity index (χ0) is 26.4. The van der Waals surface area contributed by atoms with Gasteiger partial charge in [0.1, 0.15) is 12.3 Å². The van der Waals surface area contributed by atoms with Gasteiger partial charge in [-0.15, -0.1) is 5.10 Å². The van der Waals surface area contributed by atoms with E-state index in [0.717, 1.165) is 27.8 Å². The van der Waals surface area contributed by atoms with Gasteiger partial charge in [0.15, 0.2) is 5.82 Å². The predicted molar refractivity (Wildman–Crippen MR) is 139 cm³/mol. The minimum Gasteiger partial charge on any atom is -0.497 e. The quantitative estimate of drug-likeness (QED) is 0.308. The van der Waals surface area contributed by atoms with Crippen molar-refractivity contribution in [3.63, 3.8) is 0 Å². The monoisotopic (exact) mass is 504 g/mol. The van der Waals surface area contributed by atoms with Crippen LogP contribution in [0.25, 0.3) is 10.9 Å². The maximum absolute atomic E-state index is 13.1. The molecule has 0 radical (unpaired) electrons. The maximum Gasteiger partial charge on any atom is 0.327 e. The zero-order valence-electron chi connectivity index (χ0n) is 21.6. The molecule has 0 aliphatic carbocycles. The fourth-order valence-electron chi connectivity index (χ4n) is 4.43. The number of rotatable bonds is 11. The van der Waals surface area contributed by atoms with Gasteiger partial charge in [0.25, 0.3) is 5.56 Å². The minimum atomic E-state index is -0.408. The van der Waals surface area contributed by atoms with E-state index in [2.05, 4.69) is 25.4 Å². The van der Waals surface area contributed by atoms with Crippen LogP contribution in [0.15, 0.2) is 53.3 Å². The normalized spacial score (nSPS) is 12.1. The summed E-state index contributed by atoms with van der Waals surface area (Å²) in [6, 6.07) is 15.5. The van der Waals surface area contributed by atoms with Crippen LogP contribution in [0.1, 0.15) is 48.8 Å². The molecule has 0 aliphatic heterocycles. The number of pyridine rings is 1. The second-order valence-corrected chi connectivity index (χ2v) is 8.89. The number of carbonyl (C=O) groups excluding carboxylic acids is 1. The molecule has 4 rings (SSSR count). The summed E-state index contributed by atoms with van der Waals surface area (Å²) < 4.78 is 11.9. The van der Waals surface area contributed by atoms with Crippen LogP contribution in [0.5, 0.6) is 5.75 Å². The molecule has 1 N–H and O–H groups in total. The van der Waals surface area contributed by atoms with Crippen LogP contribution >= 0.6 is 0 Å². The number of tetrazole rings is 1. The molecule has 2 aromatic heterocycles. The van der Waals surface area contributed by atoms with E-state index in [1.807, 2.05) is 62.4 Å². The van der Waals surface area contributed by atoms with E-state index < -0.39 is 5.97 Å². The third-order valence-electron chi connectivity index (χ3n) is 6.27. The molecule has 2 heterocycles. The van der Waals surface area contributed by atoms with Crippen molar-refractivity contribution in [2.45, 2.75) is 52.9 Å². The molecule has 0 amide bonds. The molecule has 2 aromatic carbocycles. The Morgan fingerprint density at radius 2 is 1.89 bits per heavy atom. The fourth-order valence-corrected chi connectivity index (χ4v) is 4.43. The van der Waals surface area contributed by atoms with Gasteiger partial charge in [-0.1, -0.05) is 31.2 Å². The lowest BCUT2D eigenvalue weighted by Crippen LogP contribution is -2.33. The van der Waals surface area contributed by atoms with Crippen molar-refractivity contribution >= 4 is 16.9 Å². The summed E-state index contributed by atoms with van der Waals surface area (Å²) in [4.78, 5) is 30.4. The smallest absolute Gasteiger partial charge is 0.327 e. The molecule has 194 valence electrons. The number of hydrogen-bond donors (Lipinski definition) is 1. The topological polar surface area (TPSA) is 115 Å². The van der Waals surface area contributed by atoms with Crippen molar-refractivity contribution in [2.24, 2.45) is 0 Å². The molecule has 0 aliphatic rings. The van der Waals surface area contributed by atoms with Gasteiger partial charge < -0.3 is 14.5 Å². The molecule has 0 saturated carbocycles. The molecular weight excluding hydrogens is 472 g/mol. The van der Waals surface area contributed by atoms with Crippen LogP contribution in [-0.4, -0.2) is 49.8 Å². The van der Waals surface area contributed by atoms with Crippen molar-refractivity contribution in [3.8, 4) is 5.75 Å². The number of esters is 1. The number of hydrogen-bond acceptors (Lipinski definition) is 8. The van der Waals surface area contributed by atoms with Crippen molar-refractivity contribution in [1.29, 1.82) is 0 Å². The second kappa shape index (κ2) is 11.8. The number of nitrogens with one attached hydrogen (secondary N) is 1. The Labute approximate surface area is 215 Å². The first-order valence-corrected chi connectivity index (χ1v) is 12.3. The van der Waals surface area contributed by atoms with Gasteiger partial charge in [0.2, 0.25) is 0 Å². The average molecular weight is 505 g/mol. The van der Waals surface area contributed by atoms with E-state index in [9.17, 15) is 9.59 Å². The summed E-state index contributed by atoms with van der Waals surface area (Å²) in [7, 11) is 1.63. The lowest BCUT2D eigenvalue weighted by Gasteiger charge is -2.30. The van der Waals surface area contributed by atoms with Gasteiger partial charge in [0, 0.05) is 24.2 Å². The van der Waals surface area contributed by atoms with E-state index in [-0.39, 0.29) is 24.8 Å². The molecule has 0 bridgehead atoms. The van der Waals surface area contributed by atoms with Crippen LogP contribution in [-0.2, 0) is 29.2 Å². The van der Waals surface area contributed by atoms with Gasteiger partial charge in [-0.25, -0.2) is 4.68 Å². The maximum atomic E-state index is 13.1. The minimum absolute atomic E-state index is 0.0844. The first-order chi connectivity index (χ1) is 17.9. The van der Waals surface area contributed by atoms with Gasteiger partial charge in [-0.3, -0.25) is 14.5 Å². The first kappa shape index (κ1) is 26.0. The van der Waals surface area contributed by atoms with Crippen molar-refractivity contribution in [1.82, 2.24) is 30.1 Å². The van der Waals surface area contributed by atoms with Crippen molar-refractivity contribution in [3.05, 3.63) is 81.4 Å². The standard InChI is InChI=1S/C27H32N6O4/c1-5-24(26-29-30-31-33(26)17-25(34)37-6-2)32(15-19-8-11-22(36-4)12-9-19)16-21-14-20-10-7-18(3)13-23(20)28-27(21)35/h7-14,24H,5-6,15-17H2,1-4H3,(H,28,35). The Hall–Kier alpha value is -4.05. The molecule has 10 heteroatoms. The van der Waals surface area contributed by atoms with E-state index in [1.54, 1.807) is 14.0 Å². The molecule has 0 saturated heterocycles. The second-order valence-electron chi connectivity index (χ2n) is 8.89. The molecule has 4 aromatic rings. The van der Waals surface area contributed by atoms with Gasteiger partial charge >= 0.3 is 5.97 Å². The molecule has 10 nitrogen and oxygen atoms in total. The Bertz CT molecular complexity index is 1410. The Balaban J connectivity index is 1.71. The number of methoxy groups -OCH3 is 1. The lowest BCUT2D eigenvalue weighted by molar-refractivity contribution is -0.144. The number of nitrogens with zero attached hydrogens (tertiary/aromatic N) is 5. The fraction of sp³-hybridized carbons (Fsp3) is 0.370. The highest BCUT2D eigenvalue weighted by molar-refractivity contribution is 5.79. The summed E-state index contributed by atoms with van der Waals surface area (Å²) in [6.07, 6.45) is 0.657. The number of aromatic amines is 1. The van der Waals surface area contributed by atoms with Gasteiger partial charge in [0.05, 0.1) is 19.8 Å². The number of H-pyrrole nitrogens is 1. The number of aromatic nitrogens is 5. The van der Waals surface area contributed by atoms with Crippen LogP contribution in [0.3, 0.4) is 0 Å². The average Bonchev–Trinajstić information content (AvgIpc) is 3.33. The molecular formula is C27H32N6O4. The van der Waals surface area contributed by atoms with E-state index in [1.165, 1.54) is 4.68 Å². The highest BCUT2D eigenvalue weighted by atomic mass is 16.5. The van der Waals surface area contributed by atoms with Gasteiger partial charge in [-0.2, -0.15) is 0 Å². The molecule has 1 unspecified atom stereocenters. The number of carbonyl (C=O) groups is 1. The summed E-state index contributed by atoms with van der Waals surface area (Å²) in [5.41, 5.74) is 3.42. The Morgan fingerprint density at radius 1 is 1.11 bits per heavy atom. The molecule has 0 fully saturated rings. The highest BCUT2D eigenvalue weighted by Crippen LogP contribution is 2.27. The summed E-state index contributed by atoms with van der Waals surface area (Å²) >= 11 is 0. The largest absolute Gasteiger partial charge is 0.497 e. The van der Waals surface area contributed by atoms with Crippen LogP contribution in [0, 0.1) is 6.92 Å². The van der Waals surface area contributed by atoms with Gasteiger partial charge in [-0.05, 0) is 71.5 Å². The van der Waals surface area contributed by atoms with Crippen LogP contribution in [0.4, 0.5) is 0 Å². The van der Waals surface area contributed by atoms with Crippen molar-refractivity contribution < 1.29 is 14.3 Å². The molecule has 0 spiro atoms. The van der Waals surface area contributed by atoms with Crippen LogP contribution in [0.2, 0.25) is 0 Å². The third kappa shape index (κ3) is 6.21. The molecule has 37 heavy (non-hydrogen) atoms. The third-order valence-corrected chi connectivity index (χ3v) is 6.27. The SMILES string of the molecule is CCOC(=O)Cn1nnnc1C(CC)N(Cc1ccc(OC)cc1)Cc1cc2ccc(C)cc2[nH]c1=O. The first-order valence-electron chi connectivity index (χ1n) is 12.3. The molecule has 1 atom stereocenters. The zero-order valence-corrected chi connectivity index (χ0v) is 21.6. The number of fused-ring (bicyclic) bond motifs is 1. The van der Waals surface area contributed by atoms with E-state index in [4.69, 9.17) is 9.47 Å². The number of ether oxygens (including phenoxy) is 2. The number of aryl methyl sites for hydroxylation is 1. The predicted octanol–water partition coefficient (Wildman–Crippen LogP) is 3.55. The van der Waals surface area contributed by atoms with Crippen LogP contribution < -0.4 is 10.3 Å². The number of benzene rings is 2. The van der Waals surface area contributed by atoms with E-state index >= 15 is 0 Å². The van der Waals surface area contributed by atoms with Crippen molar-refractivity contribution in [2.75, 3.05) is 13.7 Å². The van der Waals surface area contributed by atoms with E-state index in [0.29, 0.717) is 30.9 Å². The Morgan fingerprint density at radius 3 is 2.59 bits per heavy atom. The highest BCUT2D eigenvalue weighted by Gasteiger charge is 2.27. The summed E-state index contributed by atoms with van der Waals surface area (Å²) in [6.45, 7) is 6.86.